The summed E-state index contributed by atoms with van der Waals surface area (Å²) < 4.78 is 0. The Kier molecular flexibility index (Phi) is 6.83. The van der Waals surface area contributed by atoms with Crippen LogP contribution in [0, 0.1) is 13.8 Å². The van der Waals surface area contributed by atoms with E-state index in [2.05, 4.69) is 39.1 Å². The highest BCUT2D eigenvalue weighted by Crippen LogP contribution is 2.30. The number of hydrogen-bond donors (Lipinski definition) is 1. The zero-order chi connectivity index (χ0) is 12.7. The fraction of sp³-hybridized carbons (Fsp3) is 0.733. The molecule has 0 saturated heterocycles. The quantitative estimate of drug-likeness (QED) is 0.644. The number of aryl methyl sites for hydroxylation is 2. The Hall–Kier alpha value is -0.340. The van der Waals surface area contributed by atoms with E-state index in [1.165, 1.54) is 42.5 Å². The molecule has 0 fully saturated rings. The van der Waals surface area contributed by atoms with Gasteiger partial charge in [-0.25, -0.2) is 0 Å². The Morgan fingerprint density at radius 2 is 1.94 bits per heavy atom. The van der Waals surface area contributed by atoms with Crippen LogP contribution in [0.4, 0.5) is 0 Å². The van der Waals surface area contributed by atoms with Crippen molar-refractivity contribution in [3.05, 3.63) is 21.4 Å². The van der Waals surface area contributed by atoms with Crippen molar-refractivity contribution in [3.8, 4) is 0 Å². The second-order valence-corrected chi connectivity index (χ2v) is 6.19. The van der Waals surface area contributed by atoms with Crippen molar-refractivity contribution in [1.82, 2.24) is 5.32 Å². The van der Waals surface area contributed by atoms with Crippen molar-refractivity contribution in [1.29, 1.82) is 0 Å². The van der Waals surface area contributed by atoms with Gasteiger partial charge >= 0.3 is 0 Å². The first kappa shape index (κ1) is 14.7. The lowest BCUT2D eigenvalue weighted by Gasteiger charge is -2.18. The standard InChI is InChI=1S/C15H27NS/c1-5-7-8-9-14(16-10-6-2)15-12(3)11-13(4)17-15/h11,14,16H,5-10H2,1-4H3. The maximum Gasteiger partial charge on any atom is 0.0417 e. The van der Waals surface area contributed by atoms with Crippen LogP contribution >= 0.6 is 11.3 Å². The maximum atomic E-state index is 3.71. The topological polar surface area (TPSA) is 12.0 Å². The molecule has 0 aliphatic rings. The molecule has 1 nitrogen and oxygen atoms in total. The van der Waals surface area contributed by atoms with E-state index in [0.29, 0.717) is 6.04 Å². The molecule has 0 bridgehead atoms. The lowest BCUT2D eigenvalue weighted by atomic mass is 10.0. The monoisotopic (exact) mass is 253 g/mol. The fourth-order valence-corrected chi connectivity index (χ4v) is 3.39. The second-order valence-electron chi connectivity index (χ2n) is 4.91. The molecule has 0 saturated carbocycles. The van der Waals surface area contributed by atoms with E-state index in [4.69, 9.17) is 0 Å². The number of thiophene rings is 1. The average Bonchev–Trinajstić information content (AvgIpc) is 2.63. The third kappa shape index (κ3) is 4.81. The Balaban J connectivity index is 2.64. The van der Waals surface area contributed by atoms with Gasteiger partial charge in [0.2, 0.25) is 0 Å². The molecule has 1 unspecified atom stereocenters. The van der Waals surface area contributed by atoms with Gasteiger partial charge in [0, 0.05) is 15.8 Å². The molecule has 1 N–H and O–H groups in total. The van der Waals surface area contributed by atoms with Crippen LogP contribution in [-0.4, -0.2) is 6.54 Å². The fourth-order valence-electron chi connectivity index (χ4n) is 2.25. The SMILES string of the molecule is CCCCCC(NCCC)c1sc(C)cc1C. The molecule has 0 aliphatic carbocycles. The van der Waals surface area contributed by atoms with Gasteiger partial charge in [0.25, 0.3) is 0 Å². The van der Waals surface area contributed by atoms with Crippen LogP contribution in [0.5, 0.6) is 0 Å². The summed E-state index contributed by atoms with van der Waals surface area (Å²) in [7, 11) is 0. The summed E-state index contributed by atoms with van der Waals surface area (Å²) in [5.41, 5.74) is 1.47. The van der Waals surface area contributed by atoms with Crippen molar-refractivity contribution in [2.75, 3.05) is 6.54 Å². The molecule has 0 aliphatic heterocycles. The molecule has 0 spiro atoms. The summed E-state index contributed by atoms with van der Waals surface area (Å²) in [6.07, 6.45) is 6.51. The molecule has 1 aromatic rings. The summed E-state index contributed by atoms with van der Waals surface area (Å²) in [6.45, 7) is 10.1. The molecule has 2 heteroatoms. The Morgan fingerprint density at radius 3 is 2.47 bits per heavy atom. The van der Waals surface area contributed by atoms with E-state index in [9.17, 15) is 0 Å². The van der Waals surface area contributed by atoms with Gasteiger partial charge < -0.3 is 5.32 Å². The summed E-state index contributed by atoms with van der Waals surface area (Å²) in [5, 5.41) is 3.71. The molecule has 0 amide bonds. The van der Waals surface area contributed by atoms with Crippen LogP contribution in [0.2, 0.25) is 0 Å². The number of rotatable bonds is 8. The van der Waals surface area contributed by atoms with Crippen molar-refractivity contribution < 1.29 is 0 Å². The molecule has 1 rings (SSSR count). The molecule has 1 aromatic heterocycles. The molecule has 98 valence electrons. The molecule has 17 heavy (non-hydrogen) atoms. The van der Waals surface area contributed by atoms with Crippen molar-refractivity contribution in [3.63, 3.8) is 0 Å². The smallest absolute Gasteiger partial charge is 0.0417 e. The van der Waals surface area contributed by atoms with E-state index >= 15 is 0 Å². The lowest BCUT2D eigenvalue weighted by molar-refractivity contribution is 0.479. The van der Waals surface area contributed by atoms with Gasteiger partial charge in [0.1, 0.15) is 0 Å². The highest BCUT2D eigenvalue weighted by atomic mass is 32.1. The van der Waals surface area contributed by atoms with Crippen molar-refractivity contribution in [2.45, 2.75) is 65.8 Å². The van der Waals surface area contributed by atoms with Crippen LogP contribution in [0.15, 0.2) is 6.07 Å². The largest absolute Gasteiger partial charge is 0.309 e. The van der Waals surface area contributed by atoms with E-state index < -0.39 is 0 Å². The normalized spacial score (nSPS) is 12.9. The Labute approximate surface area is 111 Å². The second kappa shape index (κ2) is 7.88. The van der Waals surface area contributed by atoms with Gasteiger partial charge in [-0.3, -0.25) is 0 Å². The first-order chi connectivity index (χ1) is 8.19. The number of unbranched alkanes of at least 4 members (excludes halogenated alkanes) is 2. The minimum atomic E-state index is 0.584. The van der Waals surface area contributed by atoms with Crippen LogP contribution in [0.3, 0.4) is 0 Å². The Morgan fingerprint density at radius 1 is 1.18 bits per heavy atom. The van der Waals surface area contributed by atoms with Gasteiger partial charge in [-0.1, -0.05) is 33.1 Å². The molecule has 1 heterocycles. The van der Waals surface area contributed by atoms with Crippen LogP contribution in [0.25, 0.3) is 0 Å². The molecule has 1 atom stereocenters. The molecular weight excluding hydrogens is 226 g/mol. The van der Waals surface area contributed by atoms with E-state index in [1.54, 1.807) is 4.88 Å². The van der Waals surface area contributed by atoms with Gasteiger partial charge in [-0.15, -0.1) is 11.3 Å². The van der Waals surface area contributed by atoms with Crippen LogP contribution in [0.1, 0.15) is 67.3 Å². The summed E-state index contributed by atoms with van der Waals surface area (Å²) in [5.74, 6) is 0. The molecule has 0 aromatic carbocycles. The van der Waals surface area contributed by atoms with Crippen molar-refractivity contribution in [2.24, 2.45) is 0 Å². The van der Waals surface area contributed by atoms with E-state index in [1.807, 2.05) is 11.3 Å². The summed E-state index contributed by atoms with van der Waals surface area (Å²) in [4.78, 5) is 3.00. The summed E-state index contributed by atoms with van der Waals surface area (Å²) in [6, 6.07) is 2.90. The summed E-state index contributed by atoms with van der Waals surface area (Å²) >= 11 is 1.97. The molecular formula is C15H27NS. The minimum Gasteiger partial charge on any atom is -0.309 e. The third-order valence-electron chi connectivity index (χ3n) is 3.13. The zero-order valence-electron chi connectivity index (χ0n) is 11.8. The predicted octanol–water partition coefficient (Wildman–Crippen LogP) is 4.99. The predicted molar refractivity (Wildman–Crippen MR) is 79.0 cm³/mol. The Bertz CT molecular complexity index is 317. The zero-order valence-corrected chi connectivity index (χ0v) is 12.6. The molecule has 0 radical (unpaired) electrons. The van der Waals surface area contributed by atoms with Gasteiger partial charge in [-0.2, -0.15) is 0 Å². The first-order valence-electron chi connectivity index (χ1n) is 6.99. The van der Waals surface area contributed by atoms with Crippen LogP contribution in [-0.2, 0) is 0 Å². The number of hydrogen-bond acceptors (Lipinski definition) is 2. The van der Waals surface area contributed by atoms with Crippen LogP contribution < -0.4 is 5.32 Å². The highest BCUT2D eigenvalue weighted by Gasteiger charge is 2.15. The van der Waals surface area contributed by atoms with Gasteiger partial charge in [0.15, 0.2) is 0 Å². The van der Waals surface area contributed by atoms with Gasteiger partial charge in [-0.05, 0) is 44.9 Å². The average molecular weight is 253 g/mol. The number of nitrogens with one attached hydrogen (secondary N) is 1. The lowest BCUT2D eigenvalue weighted by Crippen LogP contribution is -2.21. The van der Waals surface area contributed by atoms with E-state index in [-0.39, 0.29) is 0 Å². The maximum absolute atomic E-state index is 3.71. The first-order valence-corrected chi connectivity index (χ1v) is 7.81. The minimum absolute atomic E-state index is 0.584. The highest BCUT2D eigenvalue weighted by molar-refractivity contribution is 7.12. The van der Waals surface area contributed by atoms with Crippen molar-refractivity contribution >= 4 is 11.3 Å². The van der Waals surface area contributed by atoms with E-state index in [0.717, 1.165) is 6.54 Å². The van der Waals surface area contributed by atoms with Gasteiger partial charge in [0.05, 0.1) is 0 Å². The third-order valence-corrected chi connectivity index (χ3v) is 4.40.